The van der Waals surface area contributed by atoms with E-state index >= 15 is 0 Å². The summed E-state index contributed by atoms with van der Waals surface area (Å²) in [6.45, 7) is 4.90. The summed E-state index contributed by atoms with van der Waals surface area (Å²) in [5.41, 5.74) is -1.35. The van der Waals surface area contributed by atoms with Crippen molar-refractivity contribution in [3.8, 4) is 5.75 Å². The third-order valence-electron chi connectivity index (χ3n) is 4.98. The number of amides is 1. The quantitative estimate of drug-likeness (QED) is 0.0682. The Morgan fingerprint density at radius 1 is 1.20 bits per heavy atom. The van der Waals surface area contributed by atoms with Crippen molar-refractivity contribution in [1.82, 2.24) is 4.90 Å². The Balaban J connectivity index is 2.01. The number of carbonyl (C=O) groups excluding carboxylic acids is 2. The Morgan fingerprint density at radius 3 is 2.29 bits per heavy atom. The first kappa shape index (κ1) is 26.2. The number of likely N-dealkylation sites (tertiary alicyclic amines) is 1. The van der Waals surface area contributed by atoms with Gasteiger partial charge >= 0.3 is 0 Å². The van der Waals surface area contributed by atoms with E-state index in [4.69, 9.17) is 33.3 Å². The number of nitro benzene ring substituents is 1. The maximum absolute atomic E-state index is 13.4. The highest BCUT2D eigenvalue weighted by molar-refractivity contribution is 7.80. The summed E-state index contributed by atoms with van der Waals surface area (Å²) < 4.78 is 25.0. The van der Waals surface area contributed by atoms with Crippen molar-refractivity contribution in [2.75, 3.05) is 0 Å². The summed E-state index contributed by atoms with van der Waals surface area (Å²) in [4.78, 5) is 37.3. The average molecular weight is 521 g/mol. The van der Waals surface area contributed by atoms with E-state index in [1.807, 2.05) is 0 Å². The molecule has 0 saturated carbocycles. The minimum Gasteiger partial charge on any atom is -0.477 e. The zero-order valence-electron chi connectivity index (χ0n) is 19.1. The number of hydrogen-bond donors (Lipinski definition) is 0. The maximum atomic E-state index is 13.4. The highest BCUT2D eigenvalue weighted by atomic mass is 35.5. The number of alkyl halides is 1. The van der Waals surface area contributed by atoms with E-state index in [0.29, 0.717) is 5.56 Å². The molecule has 2 aromatic rings. The third-order valence-corrected chi connectivity index (χ3v) is 5.64. The molecule has 1 saturated heterocycles. The summed E-state index contributed by atoms with van der Waals surface area (Å²) in [6, 6.07) is 10.6. The first-order chi connectivity index (χ1) is 16.4. The molecular formula is C24H22ClFN2O6S. The van der Waals surface area contributed by atoms with Gasteiger partial charge in [-0.1, -0.05) is 32.4 Å². The lowest BCUT2D eigenvalue weighted by Crippen LogP contribution is -2.51. The number of halogens is 2. The van der Waals surface area contributed by atoms with E-state index in [9.17, 15) is 24.1 Å². The van der Waals surface area contributed by atoms with Gasteiger partial charge in [0.05, 0.1) is 11.3 Å². The van der Waals surface area contributed by atoms with Crippen LogP contribution in [0.1, 0.15) is 32.8 Å². The largest absolute Gasteiger partial charge is 0.477 e. The molecule has 0 aromatic heterocycles. The second-order valence-electron chi connectivity index (χ2n) is 8.71. The number of nitro groups is 1. The smallest absolute Gasteiger partial charge is 0.269 e. The fourth-order valence-electron chi connectivity index (χ4n) is 3.04. The number of rotatable bonds is 8. The van der Waals surface area contributed by atoms with E-state index in [-0.39, 0.29) is 46.9 Å². The van der Waals surface area contributed by atoms with Crippen LogP contribution in [0.15, 0.2) is 60.0 Å². The molecule has 184 valence electrons. The van der Waals surface area contributed by atoms with Crippen molar-refractivity contribution in [1.29, 1.82) is 0 Å². The molecule has 1 heterocycles. The van der Waals surface area contributed by atoms with Crippen LogP contribution in [-0.4, -0.2) is 32.1 Å². The summed E-state index contributed by atoms with van der Waals surface area (Å²) >= 11 is 11.7. The minimum absolute atomic E-state index is 0.0313. The fraction of sp³-hybridized carbons (Fsp3) is 0.292. The number of thiocarbonyl (C=S) groups is 1. The third kappa shape index (κ3) is 6.20. The number of benzene rings is 2. The van der Waals surface area contributed by atoms with E-state index in [2.05, 4.69) is 0 Å². The fourth-order valence-corrected chi connectivity index (χ4v) is 3.63. The Morgan fingerprint density at radius 2 is 1.80 bits per heavy atom. The number of allylic oxidation sites excluding steroid dienone is 1. The van der Waals surface area contributed by atoms with Gasteiger partial charge in [-0.05, 0) is 54.2 Å². The number of non-ortho nitro benzene ring substituents is 1. The van der Waals surface area contributed by atoms with Crippen molar-refractivity contribution in [3.63, 3.8) is 0 Å². The number of carbonyl (C=O) groups is 2. The molecule has 2 aromatic carbocycles. The Labute approximate surface area is 211 Å². The van der Waals surface area contributed by atoms with Gasteiger partial charge in [0.2, 0.25) is 16.7 Å². The molecule has 1 aliphatic heterocycles. The lowest BCUT2D eigenvalue weighted by atomic mass is 9.88. The molecule has 11 heteroatoms. The molecule has 0 bridgehead atoms. The first-order valence-electron chi connectivity index (χ1n) is 10.5. The number of nitrogens with zero attached hydrogens (tertiary/aromatic N) is 2. The van der Waals surface area contributed by atoms with Crippen LogP contribution >= 0.6 is 23.8 Å². The molecule has 0 radical (unpaired) electrons. The number of ketones is 1. The van der Waals surface area contributed by atoms with Crippen LogP contribution in [0.25, 0.3) is 0 Å². The topological polar surface area (TPSA) is 99.0 Å². The Hall–Kier alpha value is -3.37. The van der Waals surface area contributed by atoms with Crippen molar-refractivity contribution >= 4 is 46.2 Å². The van der Waals surface area contributed by atoms with E-state index in [1.54, 1.807) is 20.8 Å². The van der Waals surface area contributed by atoms with Gasteiger partial charge < -0.3 is 9.47 Å². The van der Waals surface area contributed by atoms with Crippen LogP contribution in [0.2, 0.25) is 0 Å². The standard InChI is InChI=1S/C24H22ClFN2O6S/c1-24(2,3)22(30)21(34-17-10-6-15(26)7-11-17)20(27-18(25)12-19(27)29)23(35)33-13-14-4-8-16(9-5-14)28(31)32/h4-11,18H,12-13H2,1-3H3. The van der Waals surface area contributed by atoms with E-state index in [1.165, 1.54) is 36.4 Å². The van der Waals surface area contributed by atoms with Crippen molar-refractivity contribution in [2.45, 2.75) is 39.3 Å². The van der Waals surface area contributed by atoms with Crippen molar-refractivity contribution in [2.24, 2.45) is 5.41 Å². The summed E-state index contributed by atoms with van der Waals surface area (Å²) in [6.07, 6.45) is 0.0313. The number of ether oxygens (including phenoxy) is 2. The van der Waals surface area contributed by atoms with Crippen LogP contribution in [-0.2, 0) is 20.9 Å². The van der Waals surface area contributed by atoms with Crippen LogP contribution in [0, 0.1) is 21.3 Å². The zero-order chi connectivity index (χ0) is 25.9. The lowest BCUT2D eigenvalue weighted by molar-refractivity contribution is -0.384. The van der Waals surface area contributed by atoms with Gasteiger partial charge in [0.1, 0.15) is 29.4 Å². The van der Waals surface area contributed by atoms with Gasteiger partial charge in [-0.15, -0.1) is 0 Å². The predicted octanol–water partition coefficient (Wildman–Crippen LogP) is 5.28. The summed E-state index contributed by atoms with van der Waals surface area (Å²) in [5.74, 6) is -1.49. The molecule has 1 atom stereocenters. The summed E-state index contributed by atoms with van der Waals surface area (Å²) in [7, 11) is 0. The van der Waals surface area contributed by atoms with Gasteiger partial charge in [-0.2, -0.15) is 0 Å². The van der Waals surface area contributed by atoms with Gasteiger partial charge in [0.25, 0.3) is 5.69 Å². The SMILES string of the molecule is CC(C)(C)C(=O)C(Oc1ccc(F)cc1)=C(C(=S)OCc1ccc([N+](=O)[O-])cc1)N1C(=O)CC1Cl. The lowest BCUT2D eigenvalue weighted by Gasteiger charge is -2.38. The highest BCUT2D eigenvalue weighted by Crippen LogP contribution is 2.34. The van der Waals surface area contributed by atoms with Crippen molar-refractivity contribution in [3.05, 3.63) is 81.5 Å². The van der Waals surface area contributed by atoms with Crippen molar-refractivity contribution < 1.29 is 28.4 Å². The molecule has 35 heavy (non-hydrogen) atoms. The van der Waals surface area contributed by atoms with Gasteiger partial charge in [-0.3, -0.25) is 24.6 Å². The molecular weight excluding hydrogens is 499 g/mol. The molecule has 1 amide bonds. The molecule has 8 nitrogen and oxygen atoms in total. The number of β-lactam (4-membered cyclic amide) rings is 1. The minimum atomic E-state index is -0.940. The van der Waals surface area contributed by atoms with Gasteiger partial charge in [0.15, 0.2) is 5.76 Å². The second kappa shape index (κ2) is 10.5. The summed E-state index contributed by atoms with van der Waals surface area (Å²) in [5, 5.41) is 10.6. The highest BCUT2D eigenvalue weighted by Gasteiger charge is 2.43. The Kier molecular flexibility index (Phi) is 7.86. The molecule has 0 aliphatic carbocycles. The molecule has 1 aliphatic rings. The van der Waals surface area contributed by atoms with Crippen LogP contribution in [0.5, 0.6) is 5.75 Å². The normalized spacial score (nSPS) is 16.2. The van der Waals surface area contributed by atoms with Gasteiger partial charge in [-0.25, -0.2) is 4.39 Å². The van der Waals surface area contributed by atoms with Gasteiger partial charge in [0, 0.05) is 17.5 Å². The van der Waals surface area contributed by atoms with Crippen LogP contribution < -0.4 is 4.74 Å². The maximum Gasteiger partial charge on any atom is 0.269 e. The predicted molar refractivity (Wildman–Crippen MR) is 130 cm³/mol. The van der Waals surface area contributed by atoms with E-state index in [0.717, 1.165) is 17.0 Å². The van der Waals surface area contributed by atoms with Crippen LogP contribution in [0.3, 0.4) is 0 Å². The zero-order valence-corrected chi connectivity index (χ0v) is 20.7. The number of hydrogen-bond acceptors (Lipinski definition) is 7. The number of Topliss-reactive ketones (excluding diaryl/α,β-unsaturated/α-hetero) is 1. The average Bonchev–Trinajstić information content (AvgIpc) is 2.80. The molecule has 0 N–H and O–H groups in total. The molecule has 1 unspecified atom stereocenters. The Bertz CT molecular complexity index is 1190. The van der Waals surface area contributed by atoms with E-state index < -0.39 is 27.4 Å². The van der Waals surface area contributed by atoms with Crippen LogP contribution in [0.4, 0.5) is 10.1 Å². The monoisotopic (exact) mass is 520 g/mol. The molecule has 1 fully saturated rings. The first-order valence-corrected chi connectivity index (χ1v) is 11.3. The second-order valence-corrected chi connectivity index (χ2v) is 9.59. The molecule has 0 spiro atoms. The molecule has 3 rings (SSSR count).